The fourth-order valence-electron chi connectivity index (χ4n) is 6.25. The van der Waals surface area contributed by atoms with E-state index in [0.29, 0.717) is 28.7 Å². The third-order valence-electron chi connectivity index (χ3n) is 7.14. The zero-order valence-electron chi connectivity index (χ0n) is 14.6. The Bertz CT molecular complexity index is 625. The van der Waals surface area contributed by atoms with Crippen molar-refractivity contribution in [3.63, 3.8) is 0 Å². The van der Waals surface area contributed by atoms with E-state index >= 15 is 0 Å². The second-order valence-electron chi connectivity index (χ2n) is 8.60. The first-order valence-corrected chi connectivity index (χ1v) is 10.2. The summed E-state index contributed by atoms with van der Waals surface area (Å²) in [5.41, 5.74) is 0. The van der Waals surface area contributed by atoms with Gasteiger partial charge in [-0.1, -0.05) is 11.6 Å². The van der Waals surface area contributed by atoms with E-state index in [9.17, 15) is 4.79 Å². The number of aromatic nitrogens is 1. The molecule has 1 aromatic heterocycles. The number of hydrogen-bond acceptors (Lipinski definition) is 3. The Morgan fingerprint density at radius 3 is 2.16 bits per heavy atom. The lowest BCUT2D eigenvalue weighted by Gasteiger charge is -2.54. The molecule has 0 atom stereocenters. The number of carbonyl (C=O) groups excluding carboxylic acids is 1. The van der Waals surface area contributed by atoms with Crippen LogP contribution in [-0.4, -0.2) is 42.0 Å². The smallest absolute Gasteiger partial charge is 0.226 e. The molecule has 1 aliphatic heterocycles. The maximum atomic E-state index is 13.3. The van der Waals surface area contributed by atoms with Crippen LogP contribution < -0.4 is 4.90 Å². The fraction of sp³-hybridized carbons (Fsp3) is 0.700. The van der Waals surface area contributed by atoms with Crippen LogP contribution in [0.1, 0.15) is 32.1 Å². The average molecular weight is 360 g/mol. The summed E-state index contributed by atoms with van der Waals surface area (Å²) in [4.78, 5) is 22.1. The number of halogens is 1. The SMILES string of the molecule is O=C(C1C2CC3CC(C2)CC1C3)N1CCN(c2ccc(Cl)cn2)CC1. The number of carbonyl (C=O) groups is 1. The van der Waals surface area contributed by atoms with Crippen molar-refractivity contribution >= 4 is 23.3 Å². The van der Waals surface area contributed by atoms with Crippen LogP contribution in [-0.2, 0) is 4.79 Å². The molecule has 0 aromatic carbocycles. The van der Waals surface area contributed by atoms with Gasteiger partial charge in [-0.2, -0.15) is 0 Å². The summed E-state index contributed by atoms with van der Waals surface area (Å²) in [6.07, 6.45) is 8.41. The molecule has 5 aliphatic rings. The third kappa shape index (κ3) is 2.83. The minimum atomic E-state index is 0.327. The molecular weight excluding hydrogens is 334 g/mol. The lowest BCUT2D eigenvalue weighted by molar-refractivity contribution is -0.149. The molecule has 4 aliphatic carbocycles. The van der Waals surface area contributed by atoms with Gasteiger partial charge >= 0.3 is 0 Å². The minimum Gasteiger partial charge on any atom is -0.353 e. The number of hydrogen-bond donors (Lipinski definition) is 0. The van der Waals surface area contributed by atoms with Gasteiger partial charge in [-0.25, -0.2) is 4.98 Å². The van der Waals surface area contributed by atoms with E-state index in [0.717, 1.165) is 43.8 Å². The Hall–Kier alpha value is -1.29. The Morgan fingerprint density at radius 1 is 0.960 bits per heavy atom. The molecule has 5 heteroatoms. The van der Waals surface area contributed by atoms with Gasteiger partial charge in [0.2, 0.25) is 5.91 Å². The molecule has 4 nitrogen and oxygen atoms in total. The third-order valence-corrected chi connectivity index (χ3v) is 7.36. The van der Waals surface area contributed by atoms with Crippen molar-refractivity contribution in [1.29, 1.82) is 0 Å². The van der Waals surface area contributed by atoms with E-state index < -0.39 is 0 Å². The van der Waals surface area contributed by atoms with Gasteiger partial charge in [0, 0.05) is 38.3 Å². The van der Waals surface area contributed by atoms with Gasteiger partial charge in [0.25, 0.3) is 0 Å². The van der Waals surface area contributed by atoms with Crippen LogP contribution in [0.2, 0.25) is 5.02 Å². The van der Waals surface area contributed by atoms with Crippen LogP contribution in [0, 0.1) is 29.6 Å². The second-order valence-corrected chi connectivity index (χ2v) is 9.04. The minimum absolute atomic E-state index is 0.327. The summed E-state index contributed by atoms with van der Waals surface area (Å²) in [6, 6.07) is 3.85. The molecule has 1 aromatic rings. The van der Waals surface area contributed by atoms with Crippen molar-refractivity contribution in [2.45, 2.75) is 32.1 Å². The van der Waals surface area contributed by atoms with Gasteiger partial charge < -0.3 is 9.80 Å². The maximum Gasteiger partial charge on any atom is 0.226 e. The largest absolute Gasteiger partial charge is 0.353 e. The quantitative estimate of drug-likeness (QED) is 0.811. The molecule has 25 heavy (non-hydrogen) atoms. The highest BCUT2D eigenvalue weighted by Crippen LogP contribution is 2.56. The molecule has 0 radical (unpaired) electrons. The molecule has 4 saturated carbocycles. The molecule has 1 amide bonds. The van der Waals surface area contributed by atoms with Crippen LogP contribution in [0.5, 0.6) is 0 Å². The summed E-state index contributed by atoms with van der Waals surface area (Å²) in [7, 11) is 0. The Balaban J connectivity index is 1.23. The zero-order chi connectivity index (χ0) is 17.0. The van der Waals surface area contributed by atoms with Gasteiger partial charge in [0.15, 0.2) is 0 Å². The highest BCUT2D eigenvalue weighted by molar-refractivity contribution is 6.30. The lowest BCUT2D eigenvalue weighted by Crippen LogP contribution is -2.56. The standard InChI is InChI=1S/C20H26ClN3O/c21-17-1-2-18(22-12-17)23-3-5-24(6-4-23)20(25)19-15-8-13-7-14(10-15)11-16(19)9-13/h1-2,12-16,19H,3-11H2. The molecule has 0 unspecified atom stereocenters. The van der Waals surface area contributed by atoms with E-state index in [-0.39, 0.29) is 0 Å². The number of amides is 1. The van der Waals surface area contributed by atoms with Crippen molar-refractivity contribution in [3.05, 3.63) is 23.4 Å². The lowest BCUT2D eigenvalue weighted by atomic mass is 9.51. The Kier molecular flexibility index (Phi) is 3.92. The van der Waals surface area contributed by atoms with Crippen molar-refractivity contribution in [2.24, 2.45) is 29.6 Å². The average Bonchev–Trinajstić information content (AvgIpc) is 2.61. The first-order chi connectivity index (χ1) is 12.2. The molecule has 1 saturated heterocycles. The second kappa shape index (κ2) is 6.15. The molecule has 134 valence electrons. The van der Waals surface area contributed by atoms with Crippen molar-refractivity contribution in [1.82, 2.24) is 9.88 Å². The van der Waals surface area contributed by atoms with E-state index in [2.05, 4.69) is 14.8 Å². The van der Waals surface area contributed by atoms with Crippen molar-refractivity contribution in [3.8, 4) is 0 Å². The van der Waals surface area contributed by atoms with Gasteiger partial charge in [-0.3, -0.25) is 4.79 Å². The van der Waals surface area contributed by atoms with E-state index in [4.69, 9.17) is 11.6 Å². The maximum absolute atomic E-state index is 13.3. The number of rotatable bonds is 2. The highest BCUT2D eigenvalue weighted by Gasteiger charge is 2.51. The summed E-state index contributed by atoms with van der Waals surface area (Å²) in [6.45, 7) is 3.39. The van der Waals surface area contributed by atoms with E-state index in [1.54, 1.807) is 6.20 Å². The molecule has 0 N–H and O–H groups in total. The molecule has 0 spiro atoms. The predicted octanol–water partition coefficient (Wildman–Crippen LogP) is 3.46. The molecule has 5 fully saturated rings. The molecule has 6 rings (SSSR count). The zero-order valence-corrected chi connectivity index (χ0v) is 15.4. The van der Waals surface area contributed by atoms with Crippen LogP contribution in [0.3, 0.4) is 0 Å². The van der Waals surface area contributed by atoms with Gasteiger partial charge in [0.05, 0.1) is 5.02 Å². The first kappa shape index (κ1) is 15.9. The van der Waals surface area contributed by atoms with Crippen LogP contribution >= 0.6 is 11.6 Å². The van der Waals surface area contributed by atoms with E-state index in [1.165, 1.54) is 32.1 Å². The van der Waals surface area contributed by atoms with Gasteiger partial charge in [0.1, 0.15) is 5.82 Å². The number of nitrogens with zero attached hydrogens (tertiary/aromatic N) is 3. The van der Waals surface area contributed by atoms with Crippen molar-refractivity contribution in [2.75, 3.05) is 31.1 Å². The summed E-state index contributed by atoms with van der Waals surface area (Å²) < 4.78 is 0. The number of pyridine rings is 1. The summed E-state index contributed by atoms with van der Waals surface area (Å²) in [5, 5.41) is 0.666. The van der Waals surface area contributed by atoms with Crippen molar-refractivity contribution < 1.29 is 4.79 Å². The summed E-state index contributed by atoms with van der Waals surface area (Å²) in [5.74, 6) is 4.97. The monoisotopic (exact) mass is 359 g/mol. The fourth-order valence-corrected chi connectivity index (χ4v) is 6.36. The topological polar surface area (TPSA) is 36.4 Å². The Morgan fingerprint density at radius 2 is 1.60 bits per heavy atom. The van der Waals surface area contributed by atoms with Crippen LogP contribution in [0.15, 0.2) is 18.3 Å². The Labute approximate surface area is 154 Å². The molecular formula is C20H26ClN3O. The van der Waals surface area contributed by atoms with Crippen LogP contribution in [0.25, 0.3) is 0 Å². The molecule has 4 bridgehead atoms. The molecule has 2 heterocycles. The first-order valence-electron chi connectivity index (χ1n) is 9.82. The number of piperazine rings is 1. The van der Waals surface area contributed by atoms with E-state index in [1.807, 2.05) is 12.1 Å². The normalized spacial score (nSPS) is 36.8. The summed E-state index contributed by atoms with van der Waals surface area (Å²) >= 11 is 5.93. The predicted molar refractivity (Wildman–Crippen MR) is 98.6 cm³/mol. The van der Waals surface area contributed by atoms with Gasteiger partial charge in [-0.05, 0) is 67.9 Å². The highest BCUT2D eigenvalue weighted by atomic mass is 35.5. The number of anilines is 1. The van der Waals surface area contributed by atoms with Gasteiger partial charge in [-0.15, -0.1) is 0 Å². The van der Waals surface area contributed by atoms with Crippen LogP contribution in [0.4, 0.5) is 5.82 Å².